The summed E-state index contributed by atoms with van der Waals surface area (Å²) in [5.74, 6) is 0.509. The molecule has 2 aromatic heterocycles. The second-order valence-corrected chi connectivity index (χ2v) is 7.63. The molecule has 0 aliphatic carbocycles. The molecule has 0 unspecified atom stereocenters. The van der Waals surface area contributed by atoms with Gasteiger partial charge in [-0.15, -0.1) is 0 Å². The lowest BCUT2D eigenvalue weighted by molar-refractivity contribution is 0.0697. The highest BCUT2D eigenvalue weighted by atomic mass is 79.9. The van der Waals surface area contributed by atoms with Crippen molar-refractivity contribution >= 4 is 39.0 Å². The summed E-state index contributed by atoms with van der Waals surface area (Å²) >= 11 is 3.37. The zero-order chi connectivity index (χ0) is 21.4. The summed E-state index contributed by atoms with van der Waals surface area (Å²) in [6.07, 6.45) is 1.45. The minimum absolute atomic E-state index is 0.217. The van der Waals surface area contributed by atoms with Gasteiger partial charge in [0.15, 0.2) is 0 Å². The van der Waals surface area contributed by atoms with Crippen molar-refractivity contribution in [2.45, 2.75) is 13.8 Å². The number of hydrogen-bond donors (Lipinski definition) is 1. The topological polar surface area (TPSA) is 97.7 Å². The molecule has 8 heteroatoms. The third-order valence-electron chi connectivity index (χ3n) is 4.64. The monoisotopic (exact) mass is 465 g/mol. The Morgan fingerprint density at radius 3 is 2.70 bits per heavy atom. The summed E-state index contributed by atoms with van der Waals surface area (Å²) < 4.78 is 7.83. The Balaban J connectivity index is 1.68. The Bertz CT molecular complexity index is 1390. The zero-order valence-corrected chi connectivity index (χ0v) is 17.7. The predicted molar refractivity (Wildman–Crippen MR) is 117 cm³/mol. The van der Waals surface area contributed by atoms with Gasteiger partial charge in [-0.2, -0.15) is 9.78 Å². The molecule has 4 aromatic rings. The zero-order valence-electron chi connectivity index (χ0n) is 16.1. The van der Waals surface area contributed by atoms with Gasteiger partial charge in [-0.1, -0.05) is 22.0 Å². The molecule has 4 rings (SSSR count). The molecule has 0 saturated carbocycles. The first kappa shape index (κ1) is 19.8. The van der Waals surface area contributed by atoms with Gasteiger partial charge in [-0.3, -0.25) is 4.79 Å². The van der Waals surface area contributed by atoms with Gasteiger partial charge >= 0.3 is 5.97 Å². The van der Waals surface area contributed by atoms with Crippen LogP contribution in [0.25, 0.3) is 22.2 Å². The molecule has 0 saturated heterocycles. The van der Waals surface area contributed by atoms with Crippen LogP contribution in [-0.4, -0.2) is 27.0 Å². The van der Waals surface area contributed by atoms with Crippen LogP contribution in [-0.2, 0) is 0 Å². The summed E-state index contributed by atoms with van der Waals surface area (Å²) in [4.78, 5) is 28.3. The number of nitrogens with zero attached hydrogens (tertiary/aromatic N) is 3. The Morgan fingerprint density at radius 1 is 1.17 bits per heavy atom. The number of aryl methyl sites for hydroxylation is 2. The number of rotatable bonds is 4. The number of carbonyl (C=O) groups is 1. The first-order valence-corrected chi connectivity index (χ1v) is 9.80. The number of benzene rings is 2. The average molecular weight is 466 g/mol. The number of carboxylic acid groups (broad SMARTS) is 1. The Morgan fingerprint density at radius 2 is 1.97 bits per heavy atom. The number of aromatic carboxylic acids is 1. The normalized spacial score (nSPS) is 11.4. The molecular weight excluding hydrogens is 450 g/mol. The maximum Gasteiger partial charge on any atom is 0.335 e. The smallest absolute Gasteiger partial charge is 0.335 e. The second-order valence-electron chi connectivity index (χ2n) is 6.72. The first-order valence-electron chi connectivity index (χ1n) is 9.01. The van der Waals surface area contributed by atoms with Crippen molar-refractivity contribution < 1.29 is 14.3 Å². The van der Waals surface area contributed by atoms with E-state index in [4.69, 9.17) is 9.52 Å². The van der Waals surface area contributed by atoms with Crippen LogP contribution in [0.5, 0.6) is 0 Å². The van der Waals surface area contributed by atoms with E-state index in [1.54, 1.807) is 43.3 Å². The third-order valence-corrected chi connectivity index (χ3v) is 5.13. The highest BCUT2D eigenvalue weighted by Gasteiger charge is 2.11. The van der Waals surface area contributed by atoms with Crippen molar-refractivity contribution in [3.8, 4) is 11.3 Å². The molecule has 30 heavy (non-hydrogen) atoms. The van der Waals surface area contributed by atoms with E-state index in [9.17, 15) is 9.59 Å². The van der Waals surface area contributed by atoms with E-state index >= 15 is 0 Å². The fourth-order valence-electron chi connectivity index (χ4n) is 3.15. The molecular formula is C22H16BrN3O4. The lowest BCUT2D eigenvalue weighted by Gasteiger charge is -2.05. The van der Waals surface area contributed by atoms with Crippen LogP contribution in [0.2, 0.25) is 0 Å². The molecule has 1 N–H and O–H groups in total. The quantitative estimate of drug-likeness (QED) is 0.443. The maximum atomic E-state index is 12.8. The van der Waals surface area contributed by atoms with Crippen LogP contribution in [0.4, 0.5) is 0 Å². The average Bonchev–Trinajstić information content (AvgIpc) is 3.17. The van der Waals surface area contributed by atoms with Gasteiger partial charge in [0.25, 0.3) is 5.56 Å². The molecule has 150 valence electrons. The summed E-state index contributed by atoms with van der Waals surface area (Å²) in [7, 11) is 0. The van der Waals surface area contributed by atoms with Crippen LogP contribution in [0.3, 0.4) is 0 Å². The van der Waals surface area contributed by atoms with E-state index in [0.717, 1.165) is 15.6 Å². The molecule has 0 bridgehead atoms. The third kappa shape index (κ3) is 3.69. The minimum Gasteiger partial charge on any atom is -0.478 e. The number of carboxylic acids is 1. The summed E-state index contributed by atoms with van der Waals surface area (Å²) in [6, 6.07) is 13.7. The number of fused-ring (bicyclic) bond motifs is 1. The maximum absolute atomic E-state index is 12.8. The lowest BCUT2D eigenvalue weighted by Crippen LogP contribution is -2.20. The van der Waals surface area contributed by atoms with E-state index in [1.807, 2.05) is 13.0 Å². The Hall–Kier alpha value is -3.52. The van der Waals surface area contributed by atoms with E-state index in [1.165, 1.54) is 17.0 Å². The number of hydrogen-bond acceptors (Lipinski definition) is 5. The second kappa shape index (κ2) is 7.72. The highest BCUT2D eigenvalue weighted by molar-refractivity contribution is 9.10. The van der Waals surface area contributed by atoms with Crippen LogP contribution >= 0.6 is 15.9 Å². The molecule has 0 atom stereocenters. The van der Waals surface area contributed by atoms with E-state index in [-0.39, 0.29) is 11.1 Å². The van der Waals surface area contributed by atoms with Gasteiger partial charge in [0.2, 0.25) is 0 Å². The van der Waals surface area contributed by atoms with Crippen molar-refractivity contribution in [1.29, 1.82) is 0 Å². The van der Waals surface area contributed by atoms with Crippen molar-refractivity contribution in [1.82, 2.24) is 9.66 Å². The van der Waals surface area contributed by atoms with Gasteiger partial charge in [0, 0.05) is 10.0 Å². The fourth-order valence-corrected chi connectivity index (χ4v) is 3.51. The van der Waals surface area contributed by atoms with E-state index < -0.39 is 5.97 Å². The van der Waals surface area contributed by atoms with E-state index in [0.29, 0.717) is 28.2 Å². The lowest BCUT2D eigenvalue weighted by atomic mass is 10.0. The van der Waals surface area contributed by atoms with Gasteiger partial charge in [-0.25, -0.2) is 9.78 Å². The minimum atomic E-state index is -0.978. The van der Waals surface area contributed by atoms with Gasteiger partial charge in [-0.05, 0) is 61.9 Å². The summed E-state index contributed by atoms with van der Waals surface area (Å²) in [5.41, 5.74) is 2.11. The van der Waals surface area contributed by atoms with Crippen molar-refractivity contribution in [3.63, 3.8) is 0 Å². The fraction of sp³-hybridized carbons (Fsp3) is 0.0909. The predicted octanol–water partition coefficient (Wildman–Crippen LogP) is 4.62. The van der Waals surface area contributed by atoms with Crippen molar-refractivity contribution in [2.75, 3.05) is 0 Å². The van der Waals surface area contributed by atoms with Crippen LogP contribution in [0.1, 0.15) is 27.5 Å². The summed E-state index contributed by atoms with van der Waals surface area (Å²) in [6.45, 7) is 3.53. The van der Waals surface area contributed by atoms with Crippen molar-refractivity contribution in [2.24, 2.45) is 5.10 Å². The van der Waals surface area contributed by atoms with Crippen LogP contribution in [0, 0.1) is 13.8 Å². The van der Waals surface area contributed by atoms with Crippen LogP contribution < -0.4 is 5.56 Å². The molecule has 0 amide bonds. The highest BCUT2D eigenvalue weighted by Crippen LogP contribution is 2.26. The molecule has 0 spiro atoms. The first-order chi connectivity index (χ1) is 14.3. The summed E-state index contributed by atoms with van der Waals surface area (Å²) in [5, 5.41) is 13.8. The largest absolute Gasteiger partial charge is 0.478 e. The molecule has 2 heterocycles. The molecule has 0 radical (unpaired) electrons. The van der Waals surface area contributed by atoms with Crippen molar-refractivity contribution in [3.05, 3.63) is 86.1 Å². The van der Waals surface area contributed by atoms with Gasteiger partial charge in [0.05, 0.1) is 22.7 Å². The number of furan rings is 1. The number of halogens is 1. The molecule has 0 aliphatic heterocycles. The van der Waals surface area contributed by atoms with Gasteiger partial charge < -0.3 is 9.52 Å². The van der Waals surface area contributed by atoms with Crippen LogP contribution in [0.15, 0.2) is 67.3 Å². The number of aromatic nitrogens is 2. The molecule has 2 aromatic carbocycles. The molecule has 7 nitrogen and oxygen atoms in total. The van der Waals surface area contributed by atoms with E-state index in [2.05, 4.69) is 26.0 Å². The Labute approximate surface area is 179 Å². The van der Waals surface area contributed by atoms with Gasteiger partial charge in [0.1, 0.15) is 17.3 Å². The molecule has 0 aliphatic rings. The standard InChI is InChI=1S/C22H16BrN3O4/c1-12-9-14(22(28)29)3-6-17(12)20-8-5-16(30-20)11-24-26-13(2)25-19-7-4-15(23)10-18(19)21(26)27/h3-11H,1-2H3,(H,28,29). The molecule has 0 fully saturated rings. The SMILES string of the molecule is Cc1cc(C(=O)O)ccc1-c1ccc(C=Nn2c(C)nc3ccc(Br)cc3c2=O)o1. The Kier molecular flexibility index (Phi) is 5.09.